The summed E-state index contributed by atoms with van der Waals surface area (Å²) in [6, 6.07) is 5.31. The van der Waals surface area contributed by atoms with Crippen LogP contribution in [0.5, 0.6) is 0 Å². The van der Waals surface area contributed by atoms with Crippen LogP contribution in [0.1, 0.15) is 19.4 Å². The Bertz CT molecular complexity index is 396. The highest BCUT2D eigenvalue weighted by molar-refractivity contribution is 7.62. The zero-order valence-corrected chi connectivity index (χ0v) is 10.8. The highest BCUT2D eigenvalue weighted by atomic mass is 31.2. The van der Waals surface area contributed by atoms with Crippen LogP contribution in [0.4, 0.5) is 5.69 Å². The fourth-order valence-electron chi connectivity index (χ4n) is 1.44. The van der Waals surface area contributed by atoms with Gasteiger partial charge in [-0.1, -0.05) is 6.07 Å². The number of benzene rings is 1. The van der Waals surface area contributed by atoms with Crippen LogP contribution in [0.2, 0.25) is 0 Å². The molecular formula is C11H18NO3P. The van der Waals surface area contributed by atoms with Gasteiger partial charge in [0, 0.05) is 5.69 Å². The number of nitrogen functional groups attached to an aromatic ring is 1. The first kappa shape index (κ1) is 13.2. The van der Waals surface area contributed by atoms with E-state index in [1.54, 1.807) is 26.0 Å². The molecule has 4 nitrogen and oxygen atoms in total. The lowest BCUT2D eigenvalue weighted by molar-refractivity contribution is 0.230. The Morgan fingerprint density at radius 2 is 1.81 bits per heavy atom. The second-order valence-corrected chi connectivity index (χ2v) is 5.39. The van der Waals surface area contributed by atoms with Gasteiger partial charge in [0.1, 0.15) is 0 Å². The summed E-state index contributed by atoms with van der Waals surface area (Å²) >= 11 is 0. The molecule has 0 unspecified atom stereocenters. The van der Waals surface area contributed by atoms with Crippen LogP contribution in [0.25, 0.3) is 0 Å². The number of rotatable bonds is 5. The quantitative estimate of drug-likeness (QED) is 0.637. The van der Waals surface area contributed by atoms with Crippen LogP contribution in [0.3, 0.4) is 0 Å². The molecule has 0 heterocycles. The third-order valence-electron chi connectivity index (χ3n) is 2.08. The van der Waals surface area contributed by atoms with Crippen molar-refractivity contribution in [3.63, 3.8) is 0 Å². The highest BCUT2D eigenvalue weighted by Gasteiger charge is 2.28. The zero-order valence-electron chi connectivity index (χ0n) is 9.90. The van der Waals surface area contributed by atoms with Gasteiger partial charge >= 0.3 is 7.60 Å². The van der Waals surface area contributed by atoms with E-state index >= 15 is 0 Å². The maximum atomic E-state index is 12.4. The molecule has 0 aliphatic carbocycles. The lowest BCUT2D eigenvalue weighted by Crippen LogP contribution is -2.15. The van der Waals surface area contributed by atoms with E-state index in [4.69, 9.17) is 14.8 Å². The third-order valence-corrected chi connectivity index (χ3v) is 4.27. The van der Waals surface area contributed by atoms with E-state index in [0.29, 0.717) is 24.2 Å². The molecule has 16 heavy (non-hydrogen) atoms. The number of aryl methyl sites for hydroxylation is 1. The van der Waals surface area contributed by atoms with Crippen molar-refractivity contribution in [2.75, 3.05) is 18.9 Å². The summed E-state index contributed by atoms with van der Waals surface area (Å²) in [5.74, 6) is 0. The molecule has 0 aliphatic rings. The summed E-state index contributed by atoms with van der Waals surface area (Å²) in [6.45, 7) is 6.12. The second kappa shape index (κ2) is 5.48. The minimum absolute atomic E-state index is 0.324. The molecular weight excluding hydrogens is 225 g/mol. The van der Waals surface area contributed by atoms with E-state index in [1.165, 1.54) is 0 Å². The van der Waals surface area contributed by atoms with Crippen LogP contribution >= 0.6 is 7.60 Å². The van der Waals surface area contributed by atoms with Crippen LogP contribution in [-0.4, -0.2) is 13.2 Å². The Morgan fingerprint density at radius 1 is 1.25 bits per heavy atom. The first-order valence-corrected chi connectivity index (χ1v) is 6.83. The molecule has 0 aromatic heterocycles. The zero-order chi connectivity index (χ0) is 12.2. The minimum Gasteiger partial charge on any atom is -0.398 e. The van der Waals surface area contributed by atoms with Gasteiger partial charge in [-0.3, -0.25) is 4.57 Å². The molecule has 1 aromatic carbocycles. The van der Waals surface area contributed by atoms with Gasteiger partial charge in [-0.2, -0.15) is 0 Å². The van der Waals surface area contributed by atoms with E-state index in [1.807, 2.05) is 13.0 Å². The molecule has 0 radical (unpaired) electrons. The lowest BCUT2D eigenvalue weighted by atomic mass is 10.2. The van der Waals surface area contributed by atoms with Crippen LogP contribution in [0, 0.1) is 6.92 Å². The van der Waals surface area contributed by atoms with Crippen molar-refractivity contribution < 1.29 is 13.6 Å². The third kappa shape index (κ3) is 2.85. The Morgan fingerprint density at radius 3 is 2.25 bits per heavy atom. The van der Waals surface area contributed by atoms with Gasteiger partial charge in [0.15, 0.2) is 0 Å². The van der Waals surface area contributed by atoms with E-state index in [-0.39, 0.29) is 0 Å². The van der Waals surface area contributed by atoms with Gasteiger partial charge < -0.3 is 14.8 Å². The summed E-state index contributed by atoms with van der Waals surface area (Å²) in [6.07, 6.45) is 0. The summed E-state index contributed by atoms with van der Waals surface area (Å²) in [4.78, 5) is 0. The fraction of sp³-hybridized carbons (Fsp3) is 0.455. The van der Waals surface area contributed by atoms with Gasteiger partial charge in [-0.05, 0) is 38.5 Å². The number of anilines is 1. The van der Waals surface area contributed by atoms with Crippen LogP contribution in [-0.2, 0) is 13.6 Å². The van der Waals surface area contributed by atoms with Gasteiger partial charge in [0.2, 0.25) is 0 Å². The Balaban J connectivity index is 3.15. The smallest absolute Gasteiger partial charge is 0.363 e. The largest absolute Gasteiger partial charge is 0.398 e. The van der Waals surface area contributed by atoms with Gasteiger partial charge in [-0.15, -0.1) is 0 Å². The first-order valence-electron chi connectivity index (χ1n) is 5.29. The van der Waals surface area contributed by atoms with Crippen molar-refractivity contribution in [3.05, 3.63) is 23.8 Å². The van der Waals surface area contributed by atoms with E-state index in [9.17, 15) is 4.57 Å². The molecule has 0 bridgehead atoms. The summed E-state index contributed by atoms with van der Waals surface area (Å²) in [7, 11) is -3.25. The Hall–Kier alpha value is -0.830. The topological polar surface area (TPSA) is 61.5 Å². The maximum absolute atomic E-state index is 12.4. The maximum Gasteiger partial charge on any atom is 0.363 e. The van der Waals surface area contributed by atoms with Crippen molar-refractivity contribution in [1.82, 2.24) is 0 Å². The SMILES string of the molecule is CCOP(=O)(OCC)c1ccc(C)cc1N. The molecule has 0 aliphatic heterocycles. The van der Waals surface area contributed by atoms with Crippen molar-refractivity contribution in [2.45, 2.75) is 20.8 Å². The van der Waals surface area contributed by atoms with E-state index < -0.39 is 7.60 Å². The van der Waals surface area contributed by atoms with Crippen molar-refractivity contribution >= 4 is 18.6 Å². The Kier molecular flexibility index (Phi) is 4.54. The van der Waals surface area contributed by atoms with E-state index in [0.717, 1.165) is 5.56 Å². The van der Waals surface area contributed by atoms with Gasteiger partial charge in [-0.25, -0.2) is 0 Å². The number of hydrogen-bond acceptors (Lipinski definition) is 4. The normalized spacial score (nSPS) is 11.7. The van der Waals surface area contributed by atoms with Crippen LogP contribution < -0.4 is 11.0 Å². The minimum atomic E-state index is -3.25. The van der Waals surface area contributed by atoms with Gasteiger partial charge in [0.25, 0.3) is 0 Å². The molecule has 2 N–H and O–H groups in total. The average Bonchev–Trinajstić information content (AvgIpc) is 2.17. The second-order valence-electron chi connectivity index (χ2n) is 3.40. The summed E-state index contributed by atoms with van der Waals surface area (Å²) in [5, 5.41) is 0.446. The van der Waals surface area contributed by atoms with Gasteiger partial charge in [0.05, 0.1) is 18.5 Å². The molecule has 1 aromatic rings. The number of hydrogen-bond donors (Lipinski definition) is 1. The molecule has 0 saturated heterocycles. The molecule has 0 saturated carbocycles. The first-order chi connectivity index (χ1) is 7.53. The molecule has 0 fully saturated rings. The fourth-order valence-corrected chi connectivity index (χ4v) is 3.11. The van der Waals surface area contributed by atoms with Crippen LogP contribution in [0.15, 0.2) is 18.2 Å². The van der Waals surface area contributed by atoms with E-state index in [2.05, 4.69) is 0 Å². The van der Waals surface area contributed by atoms with Crippen molar-refractivity contribution in [3.8, 4) is 0 Å². The molecule has 0 spiro atoms. The van der Waals surface area contributed by atoms with Crippen molar-refractivity contribution in [2.24, 2.45) is 0 Å². The predicted octanol–water partition coefficient (Wildman–Crippen LogP) is 2.47. The molecule has 0 atom stereocenters. The summed E-state index contributed by atoms with van der Waals surface area (Å²) in [5.41, 5.74) is 7.30. The lowest BCUT2D eigenvalue weighted by Gasteiger charge is -2.18. The summed E-state index contributed by atoms with van der Waals surface area (Å²) < 4.78 is 22.9. The Labute approximate surface area is 96.3 Å². The molecule has 90 valence electrons. The average molecular weight is 243 g/mol. The standard InChI is InChI=1S/C11H18NO3P/c1-4-14-16(13,15-5-2)11-7-6-9(3)8-10(11)12/h6-8H,4-5,12H2,1-3H3. The highest BCUT2D eigenvalue weighted by Crippen LogP contribution is 2.48. The van der Waals surface area contributed by atoms with Crippen molar-refractivity contribution in [1.29, 1.82) is 0 Å². The monoisotopic (exact) mass is 243 g/mol. The number of nitrogens with two attached hydrogens (primary N) is 1. The molecule has 1 rings (SSSR count). The molecule has 5 heteroatoms. The molecule has 0 amide bonds. The predicted molar refractivity (Wildman–Crippen MR) is 66.1 cm³/mol.